The van der Waals surface area contributed by atoms with E-state index in [1.165, 1.54) is 23.4 Å². The van der Waals surface area contributed by atoms with Gasteiger partial charge in [-0.1, -0.05) is 23.2 Å². The van der Waals surface area contributed by atoms with Gasteiger partial charge in [0.25, 0.3) is 5.91 Å². The van der Waals surface area contributed by atoms with Crippen molar-refractivity contribution >= 4 is 29.1 Å². The second kappa shape index (κ2) is 5.32. The van der Waals surface area contributed by atoms with Gasteiger partial charge in [0.1, 0.15) is 22.5 Å². The molecule has 0 aliphatic rings. The maximum atomic E-state index is 12.1. The van der Waals surface area contributed by atoms with E-state index in [4.69, 9.17) is 23.2 Å². The van der Waals surface area contributed by atoms with Crippen LogP contribution in [0.25, 0.3) is 0 Å². The topological polar surface area (TPSA) is 74.8 Å². The van der Waals surface area contributed by atoms with Crippen molar-refractivity contribution in [1.29, 1.82) is 0 Å². The van der Waals surface area contributed by atoms with Crippen LogP contribution in [0.2, 0.25) is 10.3 Å². The van der Waals surface area contributed by atoms with E-state index < -0.39 is 0 Å². The molecule has 0 aromatic carbocycles. The Morgan fingerprint density at radius 2 is 2.06 bits per heavy atom. The van der Waals surface area contributed by atoms with Crippen molar-refractivity contribution in [3.05, 3.63) is 40.2 Å². The van der Waals surface area contributed by atoms with Crippen molar-refractivity contribution in [3.63, 3.8) is 0 Å². The molecule has 0 radical (unpaired) electrons. The number of hydrogen-bond donors (Lipinski definition) is 1. The third kappa shape index (κ3) is 2.96. The lowest BCUT2D eigenvalue weighted by Crippen LogP contribution is -2.26. The molecule has 1 N–H and O–H groups in total. The molecule has 0 unspecified atom stereocenters. The number of carbonyl (C=O) groups is 1. The lowest BCUT2D eigenvalue weighted by atomic mass is 10.2. The highest BCUT2D eigenvalue weighted by Gasteiger charge is 2.14. The van der Waals surface area contributed by atoms with Gasteiger partial charge in [0, 0.05) is 12.6 Å². The SMILES string of the molecule is CN(Cc1ncn[nH]1)C(=O)c1cc(Cl)nc(Cl)c1. The number of rotatable bonds is 3. The molecule has 0 aliphatic carbocycles. The van der Waals surface area contributed by atoms with Gasteiger partial charge in [-0.15, -0.1) is 0 Å². The summed E-state index contributed by atoms with van der Waals surface area (Å²) in [7, 11) is 1.65. The fraction of sp³-hybridized carbons (Fsp3) is 0.200. The van der Waals surface area contributed by atoms with Crippen LogP contribution in [0, 0.1) is 0 Å². The first-order valence-electron chi connectivity index (χ1n) is 4.99. The van der Waals surface area contributed by atoms with Crippen LogP contribution in [0.1, 0.15) is 16.2 Å². The lowest BCUT2D eigenvalue weighted by molar-refractivity contribution is 0.0781. The molecule has 0 saturated carbocycles. The summed E-state index contributed by atoms with van der Waals surface area (Å²) in [6.07, 6.45) is 1.38. The summed E-state index contributed by atoms with van der Waals surface area (Å²) in [6.45, 7) is 0.316. The van der Waals surface area contributed by atoms with E-state index in [9.17, 15) is 4.79 Å². The number of aromatic amines is 1. The minimum atomic E-state index is -0.224. The Balaban J connectivity index is 2.15. The standard InChI is InChI=1S/C10H9Cl2N5O/c1-17(4-9-13-5-14-16-9)10(18)6-2-7(11)15-8(12)3-6/h2-3,5H,4H2,1H3,(H,13,14,16). The minimum absolute atomic E-state index is 0.180. The molecule has 6 nitrogen and oxygen atoms in total. The van der Waals surface area contributed by atoms with Crippen molar-refractivity contribution in [2.24, 2.45) is 0 Å². The van der Waals surface area contributed by atoms with E-state index in [0.29, 0.717) is 17.9 Å². The summed E-state index contributed by atoms with van der Waals surface area (Å²) in [5.41, 5.74) is 0.377. The van der Waals surface area contributed by atoms with Crippen LogP contribution in [0.3, 0.4) is 0 Å². The summed E-state index contributed by atoms with van der Waals surface area (Å²) >= 11 is 11.5. The Bertz CT molecular complexity index is 537. The zero-order valence-electron chi connectivity index (χ0n) is 9.39. The molecule has 1 amide bonds. The first kappa shape index (κ1) is 12.8. The van der Waals surface area contributed by atoms with Gasteiger partial charge in [-0.05, 0) is 12.1 Å². The summed E-state index contributed by atoms with van der Waals surface area (Å²) in [4.78, 5) is 21.3. The molecule has 2 aromatic rings. The molecule has 2 aromatic heterocycles. The first-order valence-corrected chi connectivity index (χ1v) is 5.74. The number of aromatic nitrogens is 4. The fourth-order valence-corrected chi connectivity index (χ4v) is 1.87. The largest absolute Gasteiger partial charge is 0.334 e. The van der Waals surface area contributed by atoms with Crippen LogP contribution in [0.4, 0.5) is 0 Å². The first-order chi connectivity index (χ1) is 8.56. The molecule has 0 spiro atoms. The molecule has 0 saturated heterocycles. The maximum Gasteiger partial charge on any atom is 0.254 e. The highest BCUT2D eigenvalue weighted by atomic mass is 35.5. The van der Waals surface area contributed by atoms with E-state index in [-0.39, 0.29) is 16.2 Å². The summed E-state index contributed by atoms with van der Waals surface area (Å²) < 4.78 is 0. The molecule has 8 heteroatoms. The lowest BCUT2D eigenvalue weighted by Gasteiger charge is -2.15. The molecular formula is C10H9Cl2N5O. The number of nitrogens with one attached hydrogen (secondary N) is 1. The van der Waals surface area contributed by atoms with Gasteiger partial charge in [-0.3, -0.25) is 9.89 Å². The predicted molar refractivity (Wildman–Crippen MR) is 66.4 cm³/mol. The van der Waals surface area contributed by atoms with Crippen LogP contribution in [-0.2, 0) is 6.54 Å². The number of carbonyl (C=O) groups excluding carboxylic acids is 1. The van der Waals surface area contributed by atoms with Crippen molar-refractivity contribution < 1.29 is 4.79 Å². The second-order valence-electron chi connectivity index (χ2n) is 3.59. The minimum Gasteiger partial charge on any atom is -0.334 e. The van der Waals surface area contributed by atoms with Crippen LogP contribution in [-0.4, -0.2) is 38.0 Å². The quantitative estimate of drug-likeness (QED) is 0.873. The fourth-order valence-electron chi connectivity index (χ4n) is 1.41. The number of pyridine rings is 1. The number of nitrogens with zero attached hydrogens (tertiary/aromatic N) is 4. The van der Waals surface area contributed by atoms with E-state index in [2.05, 4.69) is 20.2 Å². The van der Waals surface area contributed by atoms with Gasteiger partial charge >= 0.3 is 0 Å². The highest BCUT2D eigenvalue weighted by Crippen LogP contribution is 2.16. The normalized spacial score (nSPS) is 10.4. The molecule has 2 rings (SSSR count). The number of amides is 1. The Morgan fingerprint density at radius 3 is 2.61 bits per heavy atom. The van der Waals surface area contributed by atoms with E-state index >= 15 is 0 Å². The molecule has 18 heavy (non-hydrogen) atoms. The van der Waals surface area contributed by atoms with Crippen LogP contribution < -0.4 is 0 Å². The zero-order valence-corrected chi connectivity index (χ0v) is 10.9. The van der Waals surface area contributed by atoms with Crippen LogP contribution in [0.5, 0.6) is 0 Å². The third-order valence-electron chi connectivity index (χ3n) is 2.21. The molecule has 2 heterocycles. The van der Waals surface area contributed by atoms with Gasteiger partial charge in [0.15, 0.2) is 0 Å². The Kier molecular flexibility index (Phi) is 3.78. The number of halogens is 2. The summed E-state index contributed by atoms with van der Waals surface area (Å²) in [5, 5.41) is 6.75. The monoisotopic (exact) mass is 285 g/mol. The summed E-state index contributed by atoms with van der Waals surface area (Å²) in [5.74, 6) is 0.370. The number of hydrogen-bond acceptors (Lipinski definition) is 4. The third-order valence-corrected chi connectivity index (χ3v) is 2.60. The van der Waals surface area contributed by atoms with Gasteiger partial charge in [0.05, 0.1) is 6.54 Å². The van der Waals surface area contributed by atoms with E-state index in [0.717, 1.165) is 0 Å². The van der Waals surface area contributed by atoms with Crippen molar-refractivity contribution in [2.45, 2.75) is 6.54 Å². The van der Waals surface area contributed by atoms with Crippen molar-refractivity contribution in [3.8, 4) is 0 Å². The Labute approximate surface area is 113 Å². The molecule has 0 fully saturated rings. The summed E-state index contributed by atoms with van der Waals surface area (Å²) in [6, 6.07) is 2.93. The molecule has 0 aliphatic heterocycles. The molecular weight excluding hydrogens is 277 g/mol. The maximum absolute atomic E-state index is 12.1. The van der Waals surface area contributed by atoms with Gasteiger partial charge in [0.2, 0.25) is 0 Å². The highest BCUT2D eigenvalue weighted by molar-refractivity contribution is 6.33. The Morgan fingerprint density at radius 1 is 1.39 bits per heavy atom. The van der Waals surface area contributed by atoms with Crippen LogP contribution >= 0.6 is 23.2 Å². The van der Waals surface area contributed by atoms with Crippen LogP contribution in [0.15, 0.2) is 18.5 Å². The second-order valence-corrected chi connectivity index (χ2v) is 4.37. The predicted octanol–water partition coefficient (Wildman–Crippen LogP) is 1.78. The van der Waals surface area contributed by atoms with Crippen molar-refractivity contribution in [2.75, 3.05) is 7.05 Å². The van der Waals surface area contributed by atoms with Gasteiger partial charge in [-0.25, -0.2) is 9.97 Å². The van der Waals surface area contributed by atoms with E-state index in [1.54, 1.807) is 7.05 Å². The average molecular weight is 286 g/mol. The smallest absolute Gasteiger partial charge is 0.254 e. The molecule has 94 valence electrons. The van der Waals surface area contributed by atoms with Gasteiger partial charge < -0.3 is 4.90 Å². The van der Waals surface area contributed by atoms with E-state index in [1.807, 2.05) is 0 Å². The average Bonchev–Trinajstić information content (AvgIpc) is 2.79. The van der Waals surface area contributed by atoms with Crippen molar-refractivity contribution in [1.82, 2.24) is 25.1 Å². The number of H-pyrrole nitrogens is 1. The van der Waals surface area contributed by atoms with Gasteiger partial charge in [-0.2, -0.15) is 5.10 Å². The zero-order chi connectivity index (χ0) is 13.1. The molecule has 0 bridgehead atoms. The Hall–Kier alpha value is -1.66. The molecule has 0 atom stereocenters.